The number of rotatable bonds is 3. The topological polar surface area (TPSA) is 8.17 Å². The van der Waals surface area contributed by atoms with Crippen LogP contribution in [0.5, 0.6) is 0 Å². The fourth-order valence-corrected chi connectivity index (χ4v) is 7.12. The molecule has 0 N–H and O–H groups in total. The Kier molecular flexibility index (Phi) is 4.17. The normalized spacial score (nSPS) is 12.6. The van der Waals surface area contributed by atoms with Gasteiger partial charge in [-0.2, -0.15) is 0 Å². The maximum Gasteiger partial charge on any atom is 0.251 e. The van der Waals surface area contributed by atoms with E-state index in [9.17, 15) is 0 Å². The van der Waals surface area contributed by atoms with E-state index in [1.54, 1.807) is 0 Å². The standard InChI is InChI=1S/C36H23BN2/c1-3-12-24(13-4-1)38(25-14-5-2-6-15-25)33-23-22-29-27-17-8-10-20-31(27)39-32-21-11-18-28-26-16-7-9-19-30(26)37(34(28)32)35(33)36(29)39/h1-23H. The molecule has 9 rings (SSSR count). The Labute approximate surface area is 227 Å². The van der Waals surface area contributed by atoms with Crippen LogP contribution in [-0.4, -0.2) is 11.3 Å². The Hall–Kier alpha value is -5.02. The van der Waals surface area contributed by atoms with E-state index in [-0.39, 0.29) is 6.71 Å². The van der Waals surface area contributed by atoms with Crippen LogP contribution in [0.2, 0.25) is 0 Å². The molecule has 0 fully saturated rings. The molecule has 0 amide bonds. The highest BCUT2D eigenvalue weighted by Gasteiger charge is 2.43. The van der Waals surface area contributed by atoms with Gasteiger partial charge in [-0.1, -0.05) is 103 Å². The molecule has 7 aromatic rings. The van der Waals surface area contributed by atoms with Crippen molar-refractivity contribution in [2.75, 3.05) is 4.90 Å². The highest BCUT2D eigenvalue weighted by atomic mass is 15.1. The van der Waals surface area contributed by atoms with Gasteiger partial charge in [0.15, 0.2) is 0 Å². The summed E-state index contributed by atoms with van der Waals surface area (Å²) in [7, 11) is 0. The Morgan fingerprint density at radius 1 is 0.487 bits per heavy atom. The van der Waals surface area contributed by atoms with Gasteiger partial charge >= 0.3 is 0 Å². The first-order valence-electron chi connectivity index (χ1n) is 13.6. The second-order valence-corrected chi connectivity index (χ2v) is 10.5. The van der Waals surface area contributed by atoms with Crippen LogP contribution in [0.15, 0.2) is 140 Å². The summed E-state index contributed by atoms with van der Waals surface area (Å²) in [6.45, 7) is 0.165. The van der Waals surface area contributed by atoms with E-state index in [0.29, 0.717) is 0 Å². The van der Waals surface area contributed by atoms with Crippen LogP contribution in [-0.2, 0) is 0 Å². The van der Waals surface area contributed by atoms with Crippen molar-refractivity contribution >= 4 is 62.0 Å². The first-order valence-corrected chi connectivity index (χ1v) is 13.6. The van der Waals surface area contributed by atoms with E-state index < -0.39 is 0 Å². The maximum atomic E-state index is 2.53. The number of para-hydroxylation sites is 3. The number of fused-ring (bicyclic) bond motifs is 8. The van der Waals surface area contributed by atoms with Crippen molar-refractivity contribution in [3.05, 3.63) is 140 Å². The Morgan fingerprint density at radius 3 is 1.95 bits per heavy atom. The molecular formula is C36H23BN2. The third-order valence-electron chi connectivity index (χ3n) is 8.59. The molecule has 0 aliphatic carbocycles. The molecule has 180 valence electrons. The second kappa shape index (κ2) is 7.75. The number of anilines is 3. The molecule has 2 nitrogen and oxygen atoms in total. The summed E-state index contributed by atoms with van der Waals surface area (Å²) in [6, 6.07) is 50.9. The lowest BCUT2D eigenvalue weighted by atomic mass is 9.37. The molecule has 2 aliphatic rings. The molecule has 39 heavy (non-hydrogen) atoms. The monoisotopic (exact) mass is 494 g/mol. The molecular weight excluding hydrogens is 471 g/mol. The zero-order chi connectivity index (χ0) is 25.5. The number of aromatic nitrogens is 1. The van der Waals surface area contributed by atoms with E-state index in [0.717, 1.165) is 11.4 Å². The minimum Gasteiger partial charge on any atom is -0.311 e. The van der Waals surface area contributed by atoms with Gasteiger partial charge in [0.25, 0.3) is 6.71 Å². The number of hydrogen-bond donors (Lipinski definition) is 0. The molecule has 0 radical (unpaired) electrons. The fourth-order valence-electron chi connectivity index (χ4n) is 7.12. The molecule has 2 aliphatic heterocycles. The second-order valence-electron chi connectivity index (χ2n) is 10.5. The van der Waals surface area contributed by atoms with Crippen LogP contribution >= 0.6 is 0 Å². The molecule has 0 atom stereocenters. The van der Waals surface area contributed by atoms with Crippen LogP contribution in [0.3, 0.4) is 0 Å². The zero-order valence-corrected chi connectivity index (χ0v) is 21.3. The average molecular weight is 494 g/mol. The Bertz CT molecular complexity index is 2040. The predicted octanol–water partition coefficient (Wildman–Crippen LogP) is 7.06. The van der Waals surface area contributed by atoms with Crippen molar-refractivity contribution in [2.45, 2.75) is 0 Å². The van der Waals surface area contributed by atoms with Crippen molar-refractivity contribution in [3.63, 3.8) is 0 Å². The van der Waals surface area contributed by atoms with E-state index >= 15 is 0 Å². The number of nitrogens with zero attached hydrogens (tertiary/aromatic N) is 2. The van der Waals surface area contributed by atoms with E-state index in [4.69, 9.17) is 0 Å². The summed E-state index contributed by atoms with van der Waals surface area (Å²) in [5.74, 6) is 0. The molecule has 0 saturated heterocycles. The summed E-state index contributed by atoms with van der Waals surface area (Å²) < 4.78 is 2.53. The third-order valence-corrected chi connectivity index (χ3v) is 8.59. The van der Waals surface area contributed by atoms with Gasteiger partial charge in [-0.05, 0) is 64.5 Å². The molecule has 1 aromatic heterocycles. The molecule has 0 spiro atoms. The Balaban J connectivity index is 1.48. The zero-order valence-electron chi connectivity index (χ0n) is 21.3. The van der Waals surface area contributed by atoms with E-state index in [2.05, 4.69) is 149 Å². The van der Waals surface area contributed by atoms with Gasteiger partial charge in [-0.25, -0.2) is 0 Å². The van der Waals surface area contributed by atoms with Gasteiger partial charge in [-0.3, -0.25) is 0 Å². The first-order chi connectivity index (χ1) is 19.4. The lowest BCUT2D eigenvalue weighted by Gasteiger charge is -2.32. The quantitative estimate of drug-likeness (QED) is 0.239. The summed E-state index contributed by atoms with van der Waals surface area (Å²) in [4.78, 5) is 2.44. The summed E-state index contributed by atoms with van der Waals surface area (Å²) in [5.41, 5.74) is 14.3. The molecule has 6 aromatic carbocycles. The van der Waals surface area contributed by atoms with Crippen LogP contribution in [0.4, 0.5) is 17.1 Å². The molecule has 0 saturated carbocycles. The summed E-state index contributed by atoms with van der Waals surface area (Å²) >= 11 is 0. The number of hydrogen-bond acceptors (Lipinski definition) is 1. The fraction of sp³-hybridized carbons (Fsp3) is 0. The highest BCUT2D eigenvalue weighted by Crippen LogP contribution is 2.41. The third kappa shape index (κ3) is 2.72. The van der Waals surface area contributed by atoms with Crippen LogP contribution < -0.4 is 21.3 Å². The van der Waals surface area contributed by atoms with Crippen molar-refractivity contribution in [1.29, 1.82) is 0 Å². The van der Waals surface area contributed by atoms with Gasteiger partial charge in [0.2, 0.25) is 0 Å². The highest BCUT2D eigenvalue weighted by molar-refractivity contribution is 7.02. The lowest BCUT2D eigenvalue weighted by Crippen LogP contribution is -2.54. The lowest BCUT2D eigenvalue weighted by molar-refractivity contribution is 1.19. The largest absolute Gasteiger partial charge is 0.311 e. The van der Waals surface area contributed by atoms with Crippen LogP contribution in [0.1, 0.15) is 0 Å². The first kappa shape index (κ1) is 21.0. The molecule has 0 unspecified atom stereocenters. The van der Waals surface area contributed by atoms with Crippen LogP contribution in [0.25, 0.3) is 38.6 Å². The van der Waals surface area contributed by atoms with Gasteiger partial charge in [0.1, 0.15) is 0 Å². The average Bonchev–Trinajstić information content (AvgIpc) is 3.52. The van der Waals surface area contributed by atoms with Gasteiger partial charge in [0.05, 0.1) is 11.0 Å². The van der Waals surface area contributed by atoms with Gasteiger partial charge in [0, 0.05) is 33.5 Å². The minimum atomic E-state index is 0.165. The van der Waals surface area contributed by atoms with Crippen molar-refractivity contribution in [3.8, 4) is 16.8 Å². The summed E-state index contributed by atoms with van der Waals surface area (Å²) in [5, 5.41) is 2.61. The SMILES string of the molecule is c1ccc(N(c2ccccc2)c2ccc3c4ccccc4n4c3c2B2c3ccccc3-c3cccc-4c32)cc1. The summed E-state index contributed by atoms with van der Waals surface area (Å²) in [6.07, 6.45) is 0. The van der Waals surface area contributed by atoms with Crippen LogP contribution in [0, 0.1) is 0 Å². The molecule has 3 heteroatoms. The molecule has 3 heterocycles. The van der Waals surface area contributed by atoms with Gasteiger partial charge in [-0.15, -0.1) is 0 Å². The van der Waals surface area contributed by atoms with E-state index in [1.807, 2.05) is 0 Å². The van der Waals surface area contributed by atoms with Gasteiger partial charge < -0.3 is 9.47 Å². The van der Waals surface area contributed by atoms with E-state index in [1.165, 1.54) is 60.7 Å². The molecule has 0 bridgehead atoms. The number of benzene rings is 6. The minimum absolute atomic E-state index is 0.165. The van der Waals surface area contributed by atoms with Crippen molar-refractivity contribution in [1.82, 2.24) is 4.57 Å². The van der Waals surface area contributed by atoms with Crippen molar-refractivity contribution in [2.24, 2.45) is 0 Å². The predicted molar refractivity (Wildman–Crippen MR) is 166 cm³/mol. The van der Waals surface area contributed by atoms with Crippen molar-refractivity contribution < 1.29 is 0 Å². The maximum absolute atomic E-state index is 2.53. The smallest absolute Gasteiger partial charge is 0.251 e. The Morgan fingerprint density at radius 2 is 1.15 bits per heavy atom.